The molecule has 86 valence electrons. The summed E-state index contributed by atoms with van der Waals surface area (Å²) in [5.41, 5.74) is 0.897. The number of carbonyl (C=O) groups is 2. The zero-order valence-corrected chi connectivity index (χ0v) is 8.51. The van der Waals surface area contributed by atoms with Crippen molar-refractivity contribution in [2.24, 2.45) is 0 Å². The highest BCUT2D eigenvalue weighted by Gasteiger charge is 2.32. The molecule has 0 bridgehead atoms. The van der Waals surface area contributed by atoms with Crippen LogP contribution in [0.1, 0.15) is 6.99 Å². The van der Waals surface area contributed by atoms with E-state index in [9.17, 15) is 9.59 Å². The number of esters is 1. The number of rotatable bonds is 3. The van der Waals surface area contributed by atoms with E-state index in [0.717, 1.165) is 5.56 Å². The minimum Gasteiger partial charge on any atom is -0.461 e. The average Bonchev–Trinajstić information content (AvgIpc) is 2.33. The van der Waals surface area contributed by atoms with Crippen molar-refractivity contribution >= 4 is 12.1 Å². The van der Waals surface area contributed by atoms with Crippen LogP contribution in [0.4, 0.5) is 4.79 Å². The van der Waals surface area contributed by atoms with E-state index in [0.29, 0.717) is 0 Å². The summed E-state index contributed by atoms with van der Waals surface area (Å²) in [5, 5.41) is 2.40. The van der Waals surface area contributed by atoms with Crippen molar-refractivity contribution in [3.63, 3.8) is 0 Å². The highest BCUT2D eigenvalue weighted by Crippen LogP contribution is 2.04. The maximum Gasteiger partial charge on any atom is 0.408 e. The highest BCUT2D eigenvalue weighted by molar-refractivity contribution is 5.85. The Kier molecular flexibility index (Phi) is 3.05. The van der Waals surface area contributed by atoms with E-state index in [4.69, 9.17) is 4.74 Å². The number of ether oxygens (including phenoxy) is 2. The Morgan fingerprint density at radius 3 is 2.81 bits per heavy atom. The van der Waals surface area contributed by atoms with Gasteiger partial charge in [0.15, 0.2) is 6.04 Å². The maximum atomic E-state index is 11.2. The molecule has 0 radical (unpaired) electrons. The lowest BCUT2D eigenvalue weighted by molar-refractivity contribution is -0.162. The predicted molar refractivity (Wildman–Crippen MR) is 56.6 cm³/mol. The summed E-state index contributed by atoms with van der Waals surface area (Å²) in [6.07, 6.45) is -0.606. The molecule has 0 unspecified atom stereocenters. The van der Waals surface area contributed by atoms with E-state index >= 15 is 0 Å². The fraction of sp³-hybridized carbons (Fsp3) is 0.273. The predicted octanol–water partition coefficient (Wildman–Crippen LogP) is 1.08. The van der Waals surface area contributed by atoms with Gasteiger partial charge in [0, 0.05) is 1.43 Å². The van der Waals surface area contributed by atoms with Crippen LogP contribution in [0.3, 0.4) is 0 Å². The normalized spacial score (nSPS) is 18.2. The summed E-state index contributed by atoms with van der Waals surface area (Å²) >= 11 is 0. The summed E-state index contributed by atoms with van der Waals surface area (Å²) in [6, 6.07) is 8.76. The number of carbonyl (C=O) groups excluding carboxylic acids is 2. The molecule has 0 aromatic heterocycles. The second kappa shape index (κ2) is 4.65. The Morgan fingerprint density at radius 1 is 1.50 bits per heavy atom. The van der Waals surface area contributed by atoms with Crippen molar-refractivity contribution < 1.29 is 20.5 Å². The van der Waals surface area contributed by atoms with Crippen LogP contribution in [-0.2, 0) is 20.9 Å². The van der Waals surface area contributed by atoms with Crippen LogP contribution >= 0.6 is 0 Å². The Labute approximate surface area is 93.8 Å². The van der Waals surface area contributed by atoms with Crippen molar-refractivity contribution in [1.29, 1.82) is 0 Å². The van der Waals surface area contributed by atoms with Crippen LogP contribution in [-0.4, -0.2) is 24.7 Å². The molecular weight excluding hydrogens is 210 g/mol. The lowest BCUT2D eigenvalue weighted by Crippen LogP contribution is -2.52. The van der Waals surface area contributed by atoms with Gasteiger partial charge in [0.05, 0.1) is 0 Å². The molecule has 2 rings (SSSR count). The summed E-state index contributed by atoms with van der Waals surface area (Å²) < 4.78 is 9.42. The molecule has 1 fully saturated rings. The van der Waals surface area contributed by atoms with Gasteiger partial charge in [-0.15, -0.1) is 0 Å². The Morgan fingerprint density at radius 2 is 2.25 bits per heavy atom. The molecule has 5 heteroatoms. The second-order valence-corrected chi connectivity index (χ2v) is 3.39. The van der Waals surface area contributed by atoms with Gasteiger partial charge in [-0.3, -0.25) is 0 Å². The Bertz CT molecular complexity index is 396. The molecule has 1 aliphatic rings. The van der Waals surface area contributed by atoms with Crippen LogP contribution < -0.4 is 5.32 Å². The number of cyclic esters (lactones) is 1. The third kappa shape index (κ3) is 2.50. The Hall–Kier alpha value is -2.04. The van der Waals surface area contributed by atoms with Crippen LogP contribution in [0.25, 0.3) is 0 Å². The molecule has 1 saturated heterocycles. The maximum absolute atomic E-state index is 11.2. The lowest BCUT2D eigenvalue weighted by Gasteiger charge is -2.24. The monoisotopic (exact) mass is 223 g/mol. The second-order valence-electron chi connectivity index (χ2n) is 3.39. The van der Waals surface area contributed by atoms with Crippen molar-refractivity contribution in [3.8, 4) is 0 Å². The lowest BCUT2D eigenvalue weighted by atomic mass is 10.2. The molecule has 1 amide bonds. The number of hydrogen-bond donors (Lipinski definition) is 1. The summed E-state index contributed by atoms with van der Waals surface area (Å²) in [4.78, 5) is 22.0. The minimum absolute atomic E-state index is 0. The molecule has 0 aliphatic carbocycles. The summed E-state index contributed by atoms with van der Waals surface area (Å²) in [6.45, 7) is 0.410. The van der Waals surface area contributed by atoms with Crippen molar-refractivity contribution in [3.05, 3.63) is 35.9 Å². The highest BCUT2D eigenvalue weighted by atomic mass is 16.6. The zero-order chi connectivity index (χ0) is 11.4. The van der Waals surface area contributed by atoms with Crippen LogP contribution in [0, 0.1) is 0 Å². The first kappa shape index (κ1) is 10.5. The molecule has 5 nitrogen and oxygen atoms in total. The van der Waals surface area contributed by atoms with Gasteiger partial charge >= 0.3 is 12.1 Å². The molecule has 1 aromatic carbocycles. The number of alkyl carbamates (subject to hydrolysis) is 1. The summed E-state index contributed by atoms with van der Waals surface area (Å²) in [5.74, 6) is -0.420. The topological polar surface area (TPSA) is 64.6 Å². The zero-order valence-electron chi connectivity index (χ0n) is 8.51. The first-order chi connectivity index (χ1) is 7.75. The minimum atomic E-state index is -0.606. The fourth-order valence-corrected chi connectivity index (χ4v) is 1.24. The van der Waals surface area contributed by atoms with Gasteiger partial charge in [-0.25, -0.2) is 9.59 Å². The van der Waals surface area contributed by atoms with Crippen molar-refractivity contribution in [2.45, 2.75) is 12.6 Å². The summed E-state index contributed by atoms with van der Waals surface area (Å²) in [7, 11) is 0. The number of hydrogen-bond acceptors (Lipinski definition) is 4. The van der Waals surface area contributed by atoms with Gasteiger partial charge in [0.1, 0.15) is 13.2 Å². The van der Waals surface area contributed by atoms with E-state index < -0.39 is 18.1 Å². The molecule has 16 heavy (non-hydrogen) atoms. The van der Waals surface area contributed by atoms with Crippen LogP contribution in [0.2, 0.25) is 0 Å². The Balaban J connectivity index is 0.00000144. The molecule has 1 aromatic rings. The van der Waals surface area contributed by atoms with E-state index in [1.807, 2.05) is 30.3 Å². The standard InChI is InChI=1S/C11H11NO4.H2/c13-10-9(7-15-10)12-11(14)16-6-8-4-2-1-3-5-8;/h1-5,9H,6-7H2,(H,12,14);1H/t9-;/m0./s1. The largest absolute Gasteiger partial charge is 0.461 e. The average molecular weight is 223 g/mol. The molecule has 0 spiro atoms. The van der Waals surface area contributed by atoms with Crippen LogP contribution in [0.15, 0.2) is 30.3 Å². The molecule has 0 saturated carbocycles. The molecule has 1 aliphatic heterocycles. The fourth-order valence-electron chi connectivity index (χ4n) is 1.24. The van der Waals surface area contributed by atoms with Crippen molar-refractivity contribution in [1.82, 2.24) is 5.32 Å². The number of amides is 1. The van der Waals surface area contributed by atoms with Gasteiger partial charge in [-0.05, 0) is 5.56 Å². The first-order valence-corrected chi connectivity index (χ1v) is 4.89. The smallest absolute Gasteiger partial charge is 0.408 e. The molecular formula is C11H13NO4. The SMILES string of the molecule is O=C(N[C@H]1COC1=O)OCc1ccccc1.[HH]. The third-order valence-corrected chi connectivity index (χ3v) is 2.18. The quantitative estimate of drug-likeness (QED) is 0.779. The van der Waals surface area contributed by atoms with E-state index in [1.165, 1.54) is 0 Å². The van der Waals surface area contributed by atoms with E-state index in [2.05, 4.69) is 10.1 Å². The van der Waals surface area contributed by atoms with Gasteiger partial charge < -0.3 is 14.8 Å². The van der Waals surface area contributed by atoms with Gasteiger partial charge in [-0.1, -0.05) is 30.3 Å². The van der Waals surface area contributed by atoms with Crippen molar-refractivity contribution in [2.75, 3.05) is 6.61 Å². The first-order valence-electron chi connectivity index (χ1n) is 4.89. The molecule has 1 heterocycles. The number of benzene rings is 1. The van der Waals surface area contributed by atoms with Gasteiger partial charge in [0.25, 0.3) is 0 Å². The van der Waals surface area contributed by atoms with E-state index in [-0.39, 0.29) is 14.6 Å². The van der Waals surface area contributed by atoms with Gasteiger partial charge in [0.2, 0.25) is 0 Å². The third-order valence-electron chi connectivity index (χ3n) is 2.18. The molecule has 1 N–H and O–H groups in total. The molecule has 1 atom stereocenters. The van der Waals surface area contributed by atoms with Gasteiger partial charge in [-0.2, -0.15) is 0 Å². The van der Waals surface area contributed by atoms with E-state index in [1.54, 1.807) is 0 Å². The number of nitrogens with one attached hydrogen (secondary N) is 1. The van der Waals surface area contributed by atoms with Crippen LogP contribution in [0.5, 0.6) is 0 Å².